The van der Waals surface area contributed by atoms with Gasteiger partial charge in [0.2, 0.25) is 0 Å². The van der Waals surface area contributed by atoms with Crippen LogP contribution in [-0.2, 0) is 13.2 Å². The van der Waals surface area contributed by atoms with Crippen molar-refractivity contribution in [3.8, 4) is 11.5 Å². The van der Waals surface area contributed by atoms with Crippen molar-refractivity contribution in [1.29, 1.82) is 0 Å². The minimum atomic E-state index is -0.256. The quantitative estimate of drug-likeness (QED) is 0.331. The molecule has 4 aromatic rings. The molecule has 1 N–H and O–H groups in total. The molecule has 0 aliphatic rings. The van der Waals surface area contributed by atoms with Crippen molar-refractivity contribution < 1.29 is 14.3 Å². The van der Waals surface area contributed by atoms with Gasteiger partial charge in [0.25, 0.3) is 5.91 Å². The predicted molar refractivity (Wildman–Crippen MR) is 130 cm³/mol. The Hall–Kier alpha value is -3.48. The molecule has 0 spiro atoms. The van der Waals surface area contributed by atoms with Gasteiger partial charge in [-0.1, -0.05) is 53.5 Å². The van der Waals surface area contributed by atoms with Crippen molar-refractivity contribution in [2.24, 2.45) is 0 Å². The molecular formula is C25H21Cl2N3O3. The number of ether oxygens (including phenoxy) is 2. The standard InChI is InChI=1S/C25H21Cl2N3O3/c1-32-22-7-2-3-8-23(22)33-16-18-5-4-6-19(13-18)25(31)28-24-11-12-30(29-24)15-17-9-10-20(26)21(27)14-17/h2-14H,15-16H2,1H3,(H,28,29,31). The first-order valence-electron chi connectivity index (χ1n) is 10.2. The van der Waals surface area contributed by atoms with Crippen LogP contribution in [0, 0.1) is 0 Å². The molecule has 0 bridgehead atoms. The number of hydrogen-bond acceptors (Lipinski definition) is 4. The van der Waals surface area contributed by atoms with E-state index in [1.165, 1.54) is 0 Å². The zero-order chi connectivity index (χ0) is 23.2. The Kier molecular flexibility index (Phi) is 7.17. The van der Waals surface area contributed by atoms with Crippen molar-refractivity contribution in [3.63, 3.8) is 0 Å². The van der Waals surface area contributed by atoms with Gasteiger partial charge in [0, 0.05) is 17.8 Å². The lowest BCUT2D eigenvalue weighted by Gasteiger charge is -2.11. The zero-order valence-electron chi connectivity index (χ0n) is 17.8. The predicted octanol–water partition coefficient (Wildman–Crippen LogP) is 6.08. The molecule has 4 rings (SSSR count). The highest BCUT2D eigenvalue weighted by Gasteiger charge is 2.10. The van der Waals surface area contributed by atoms with E-state index in [1.54, 1.807) is 48.3 Å². The number of benzene rings is 3. The van der Waals surface area contributed by atoms with Gasteiger partial charge >= 0.3 is 0 Å². The molecule has 0 aliphatic heterocycles. The second-order valence-corrected chi connectivity index (χ2v) is 8.06. The molecule has 0 aliphatic carbocycles. The molecule has 168 valence electrons. The first kappa shape index (κ1) is 22.7. The van der Waals surface area contributed by atoms with Crippen LogP contribution >= 0.6 is 23.2 Å². The highest BCUT2D eigenvalue weighted by molar-refractivity contribution is 6.42. The number of anilines is 1. The number of nitrogens with one attached hydrogen (secondary N) is 1. The van der Waals surface area contributed by atoms with Gasteiger partial charge < -0.3 is 14.8 Å². The smallest absolute Gasteiger partial charge is 0.256 e. The molecule has 33 heavy (non-hydrogen) atoms. The minimum absolute atomic E-state index is 0.256. The molecule has 0 radical (unpaired) electrons. The normalized spacial score (nSPS) is 10.6. The van der Waals surface area contributed by atoms with Crippen LogP contribution in [0.1, 0.15) is 21.5 Å². The Balaban J connectivity index is 1.38. The molecule has 0 unspecified atom stereocenters. The fourth-order valence-corrected chi connectivity index (χ4v) is 3.55. The summed E-state index contributed by atoms with van der Waals surface area (Å²) in [6, 6.07) is 21.8. The lowest BCUT2D eigenvalue weighted by Crippen LogP contribution is -2.13. The number of carbonyl (C=O) groups excluding carboxylic acids is 1. The summed E-state index contributed by atoms with van der Waals surface area (Å²) in [6.45, 7) is 0.808. The second kappa shape index (κ2) is 10.4. The molecule has 0 fully saturated rings. The van der Waals surface area contributed by atoms with Crippen LogP contribution in [0.25, 0.3) is 0 Å². The third-order valence-corrected chi connectivity index (χ3v) is 5.60. The molecule has 6 nitrogen and oxygen atoms in total. The van der Waals surface area contributed by atoms with E-state index in [1.807, 2.05) is 42.5 Å². The minimum Gasteiger partial charge on any atom is -0.493 e. The van der Waals surface area contributed by atoms with Crippen LogP contribution < -0.4 is 14.8 Å². The lowest BCUT2D eigenvalue weighted by molar-refractivity contribution is 0.102. The summed E-state index contributed by atoms with van der Waals surface area (Å²) in [5, 5.41) is 8.23. The Bertz CT molecular complexity index is 1270. The number of rotatable bonds is 8. The fourth-order valence-electron chi connectivity index (χ4n) is 3.23. The maximum absolute atomic E-state index is 12.7. The van der Waals surface area contributed by atoms with E-state index >= 15 is 0 Å². The van der Waals surface area contributed by atoms with Crippen molar-refractivity contribution in [1.82, 2.24) is 9.78 Å². The summed E-state index contributed by atoms with van der Waals surface area (Å²) in [6.07, 6.45) is 1.79. The van der Waals surface area contributed by atoms with Crippen LogP contribution in [0.5, 0.6) is 11.5 Å². The summed E-state index contributed by atoms with van der Waals surface area (Å²) >= 11 is 12.0. The Morgan fingerprint density at radius 1 is 0.939 bits per heavy atom. The number of para-hydroxylation sites is 2. The van der Waals surface area contributed by atoms with Gasteiger partial charge in [-0.05, 0) is 47.5 Å². The molecule has 8 heteroatoms. The van der Waals surface area contributed by atoms with Crippen molar-refractivity contribution in [3.05, 3.63) is 106 Å². The fraction of sp³-hybridized carbons (Fsp3) is 0.120. The summed E-state index contributed by atoms with van der Waals surface area (Å²) in [7, 11) is 1.60. The molecule has 0 saturated heterocycles. The van der Waals surface area contributed by atoms with Crippen LogP contribution in [-0.4, -0.2) is 22.8 Å². The summed E-state index contributed by atoms with van der Waals surface area (Å²) in [5.41, 5.74) is 2.32. The number of methoxy groups -OCH3 is 1. The number of aromatic nitrogens is 2. The number of halogens is 2. The van der Waals surface area contributed by atoms with Gasteiger partial charge in [-0.15, -0.1) is 0 Å². The van der Waals surface area contributed by atoms with Crippen molar-refractivity contribution in [2.45, 2.75) is 13.2 Å². The first-order valence-corrected chi connectivity index (χ1v) is 10.9. The zero-order valence-corrected chi connectivity index (χ0v) is 19.3. The summed E-state index contributed by atoms with van der Waals surface area (Å²) < 4.78 is 12.9. The van der Waals surface area contributed by atoms with Gasteiger partial charge in [0.05, 0.1) is 23.7 Å². The van der Waals surface area contributed by atoms with E-state index in [9.17, 15) is 4.79 Å². The summed E-state index contributed by atoms with van der Waals surface area (Å²) in [5.74, 6) is 1.50. The van der Waals surface area contributed by atoms with E-state index in [0.29, 0.717) is 46.1 Å². The third kappa shape index (κ3) is 5.86. The van der Waals surface area contributed by atoms with Crippen LogP contribution in [0.15, 0.2) is 79.0 Å². The monoisotopic (exact) mass is 481 g/mol. The molecule has 0 saturated carbocycles. The highest BCUT2D eigenvalue weighted by atomic mass is 35.5. The largest absolute Gasteiger partial charge is 0.493 e. The van der Waals surface area contributed by atoms with Crippen LogP contribution in [0.4, 0.5) is 5.82 Å². The number of hydrogen-bond donors (Lipinski definition) is 1. The van der Waals surface area contributed by atoms with E-state index in [4.69, 9.17) is 32.7 Å². The Labute approximate surface area is 201 Å². The molecular weight excluding hydrogens is 461 g/mol. The van der Waals surface area contributed by atoms with Crippen molar-refractivity contribution >= 4 is 34.9 Å². The SMILES string of the molecule is COc1ccccc1OCc1cccc(C(=O)Nc2ccn(Cc3ccc(Cl)c(Cl)c3)n2)c1. The Morgan fingerprint density at radius 3 is 2.55 bits per heavy atom. The van der Waals surface area contributed by atoms with Crippen LogP contribution in [0.3, 0.4) is 0 Å². The summed E-state index contributed by atoms with van der Waals surface area (Å²) in [4.78, 5) is 12.7. The number of nitrogens with zero attached hydrogens (tertiary/aromatic N) is 2. The third-order valence-electron chi connectivity index (χ3n) is 4.86. The second-order valence-electron chi connectivity index (χ2n) is 7.24. The van der Waals surface area contributed by atoms with Gasteiger partial charge in [-0.3, -0.25) is 9.48 Å². The van der Waals surface area contributed by atoms with Gasteiger partial charge in [-0.2, -0.15) is 5.10 Å². The maximum Gasteiger partial charge on any atom is 0.256 e. The molecule has 1 amide bonds. The van der Waals surface area contributed by atoms with E-state index in [0.717, 1.165) is 11.1 Å². The average Bonchev–Trinajstić information content (AvgIpc) is 3.27. The van der Waals surface area contributed by atoms with E-state index < -0.39 is 0 Å². The average molecular weight is 482 g/mol. The first-order chi connectivity index (χ1) is 16.0. The maximum atomic E-state index is 12.7. The Morgan fingerprint density at radius 2 is 1.76 bits per heavy atom. The molecule has 1 heterocycles. The highest BCUT2D eigenvalue weighted by Crippen LogP contribution is 2.27. The van der Waals surface area contributed by atoms with Crippen molar-refractivity contribution in [2.75, 3.05) is 12.4 Å². The lowest BCUT2D eigenvalue weighted by atomic mass is 10.1. The van der Waals surface area contributed by atoms with Gasteiger partial charge in [-0.25, -0.2) is 0 Å². The van der Waals surface area contributed by atoms with E-state index in [-0.39, 0.29) is 5.91 Å². The molecule has 0 atom stereocenters. The van der Waals surface area contributed by atoms with Crippen LogP contribution in [0.2, 0.25) is 10.0 Å². The topological polar surface area (TPSA) is 65.4 Å². The number of carbonyl (C=O) groups is 1. The number of amides is 1. The van der Waals surface area contributed by atoms with Gasteiger partial charge in [0.1, 0.15) is 6.61 Å². The molecule has 1 aromatic heterocycles. The molecule has 3 aromatic carbocycles. The van der Waals surface area contributed by atoms with E-state index in [2.05, 4.69) is 10.4 Å². The van der Waals surface area contributed by atoms with Gasteiger partial charge in [0.15, 0.2) is 17.3 Å².